The molecule has 3 aliphatic heterocycles. The zero-order valence-corrected chi connectivity index (χ0v) is 19.1. The minimum atomic E-state index is 0.159. The van der Waals surface area contributed by atoms with E-state index in [0.29, 0.717) is 0 Å². The number of carbonyl (C=O) groups is 1. The van der Waals surface area contributed by atoms with Gasteiger partial charge in [-0.3, -0.25) is 15.0 Å². The lowest BCUT2D eigenvalue weighted by atomic mass is 9.98. The van der Waals surface area contributed by atoms with E-state index in [1.54, 1.807) is 6.92 Å². The highest BCUT2D eigenvalue weighted by molar-refractivity contribution is 6.30. The molecule has 0 aromatic heterocycles. The molecule has 3 aliphatic rings. The highest BCUT2D eigenvalue weighted by Gasteiger charge is 2.41. The molecule has 6 heteroatoms. The Kier molecular flexibility index (Phi) is 6.05. The smallest absolute Gasteiger partial charge is 0.219 e. The van der Waals surface area contributed by atoms with Gasteiger partial charge in [0.25, 0.3) is 0 Å². The largest absolute Gasteiger partial charge is 0.352 e. The highest BCUT2D eigenvalue weighted by Crippen LogP contribution is 2.35. The fourth-order valence-electron chi connectivity index (χ4n) is 4.99. The van der Waals surface area contributed by atoms with Gasteiger partial charge in [0.05, 0.1) is 18.2 Å². The summed E-state index contributed by atoms with van der Waals surface area (Å²) in [5.41, 5.74) is 3.71. The van der Waals surface area contributed by atoms with Crippen LogP contribution in [0.5, 0.6) is 0 Å². The normalized spacial score (nSPS) is 25.6. The Bertz CT molecular complexity index is 1010. The molecule has 2 fully saturated rings. The molecule has 0 spiro atoms. The number of halogens is 1. The van der Waals surface area contributed by atoms with Crippen molar-refractivity contribution >= 4 is 23.1 Å². The van der Waals surface area contributed by atoms with Crippen molar-refractivity contribution < 1.29 is 4.79 Å². The molecule has 5 rings (SSSR count). The van der Waals surface area contributed by atoms with Gasteiger partial charge in [-0.25, -0.2) is 0 Å². The van der Waals surface area contributed by atoms with Crippen LogP contribution in [0.1, 0.15) is 24.1 Å². The van der Waals surface area contributed by atoms with Gasteiger partial charge in [0.1, 0.15) is 0 Å². The van der Waals surface area contributed by atoms with Gasteiger partial charge in [0.15, 0.2) is 0 Å². The van der Waals surface area contributed by atoms with E-state index in [9.17, 15) is 4.79 Å². The number of hydrogen-bond donors (Lipinski definition) is 1. The summed E-state index contributed by atoms with van der Waals surface area (Å²) < 4.78 is 0. The number of piperazine rings is 1. The second-order valence-electron chi connectivity index (χ2n) is 8.77. The third-order valence-corrected chi connectivity index (χ3v) is 7.04. The summed E-state index contributed by atoms with van der Waals surface area (Å²) in [6.45, 7) is 6.02. The quantitative estimate of drug-likeness (QED) is 0.773. The van der Waals surface area contributed by atoms with Gasteiger partial charge in [-0.15, -0.1) is 0 Å². The van der Waals surface area contributed by atoms with Crippen LogP contribution in [-0.4, -0.2) is 65.5 Å². The molecule has 3 heterocycles. The standard InChI is InChI=1S/C26H29ClN4O/c1-19(32)30-15-13-29(14-16-30)18-24-26(21-7-10-23(27)11-8-21)28-25-12-9-22(17-31(24)25)20-5-3-2-4-6-20/h2-12,17,24-26,28H,13-16,18H2,1H3. The van der Waals surface area contributed by atoms with Crippen LogP contribution in [0, 0.1) is 0 Å². The monoisotopic (exact) mass is 448 g/mol. The summed E-state index contributed by atoms with van der Waals surface area (Å²) in [4.78, 5) is 18.6. The lowest BCUT2D eigenvalue weighted by molar-refractivity contribution is -0.130. The minimum absolute atomic E-state index is 0.159. The van der Waals surface area contributed by atoms with E-state index in [2.05, 4.69) is 75.9 Å². The fraction of sp³-hybridized carbons (Fsp3) is 0.346. The van der Waals surface area contributed by atoms with Crippen LogP contribution in [0.2, 0.25) is 5.02 Å². The van der Waals surface area contributed by atoms with Gasteiger partial charge >= 0.3 is 0 Å². The topological polar surface area (TPSA) is 38.8 Å². The molecule has 1 amide bonds. The predicted octanol–water partition coefficient (Wildman–Crippen LogP) is 3.76. The molecule has 3 atom stereocenters. The molecule has 5 nitrogen and oxygen atoms in total. The van der Waals surface area contributed by atoms with E-state index in [1.807, 2.05) is 17.0 Å². The minimum Gasteiger partial charge on any atom is -0.352 e. The van der Waals surface area contributed by atoms with Crippen molar-refractivity contribution in [2.75, 3.05) is 32.7 Å². The van der Waals surface area contributed by atoms with E-state index in [0.717, 1.165) is 37.7 Å². The van der Waals surface area contributed by atoms with Crippen molar-refractivity contribution in [2.45, 2.75) is 25.2 Å². The van der Waals surface area contributed by atoms with E-state index in [4.69, 9.17) is 11.6 Å². The van der Waals surface area contributed by atoms with E-state index in [1.165, 1.54) is 16.7 Å². The number of allylic oxidation sites excluding steroid dienone is 2. The molecule has 166 valence electrons. The lowest BCUT2D eigenvalue weighted by Gasteiger charge is -2.39. The predicted molar refractivity (Wildman–Crippen MR) is 129 cm³/mol. The molecule has 2 saturated heterocycles. The Morgan fingerprint density at radius 3 is 2.44 bits per heavy atom. The number of amides is 1. The third kappa shape index (κ3) is 4.33. The second-order valence-corrected chi connectivity index (χ2v) is 9.21. The molecular weight excluding hydrogens is 420 g/mol. The van der Waals surface area contributed by atoms with Gasteiger partial charge in [-0.05, 0) is 34.9 Å². The number of nitrogens with zero attached hydrogens (tertiary/aromatic N) is 3. The van der Waals surface area contributed by atoms with Crippen molar-refractivity contribution in [3.05, 3.63) is 89.1 Å². The van der Waals surface area contributed by atoms with Crippen LogP contribution in [-0.2, 0) is 4.79 Å². The number of hydrogen-bond acceptors (Lipinski definition) is 4. The SMILES string of the molecule is CC(=O)N1CCN(CC2C(c3ccc(Cl)cc3)NC3C=CC(c4ccccc4)=CN32)CC1. The van der Waals surface area contributed by atoms with Crippen molar-refractivity contribution in [2.24, 2.45) is 0 Å². The number of fused-ring (bicyclic) bond motifs is 1. The molecule has 1 N–H and O–H groups in total. The summed E-state index contributed by atoms with van der Waals surface area (Å²) in [6, 6.07) is 19.2. The zero-order chi connectivity index (χ0) is 22.1. The fourth-order valence-corrected chi connectivity index (χ4v) is 5.11. The van der Waals surface area contributed by atoms with Crippen LogP contribution < -0.4 is 5.32 Å². The van der Waals surface area contributed by atoms with E-state index < -0.39 is 0 Å². The molecule has 0 radical (unpaired) electrons. The molecule has 0 aliphatic carbocycles. The summed E-state index contributed by atoms with van der Waals surface area (Å²) in [5.74, 6) is 0.169. The van der Waals surface area contributed by atoms with Crippen molar-refractivity contribution in [3.8, 4) is 0 Å². The summed E-state index contributed by atoms with van der Waals surface area (Å²) >= 11 is 6.17. The number of rotatable bonds is 4. The van der Waals surface area contributed by atoms with E-state index >= 15 is 0 Å². The first-order chi connectivity index (χ1) is 15.6. The van der Waals surface area contributed by atoms with Crippen LogP contribution >= 0.6 is 11.6 Å². The summed E-state index contributed by atoms with van der Waals surface area (Å²) in [5, 5.41) is 4.58. The van der Waals surface area contributed by atoms with Gasteiger partial charge in [-0.1, -0.05) is 60.1 Å². The Morgan fingerprint density at radius 2 is 1.75 bits per heavy atom. The van der Waals surface area contributed by atoms with Crippen LogP contribution in [0.3, 0.4) is 0 Å². The Balaban J connectivity index is 1.41. The molecule has 2 aromatic rings. The average Bonchev–Trinajstić information content (AvgIpc) is 3.18. The lowest BCUT2D eigenvalue weighted by Crippen LogP contribution is -2.52. The Morgan fingerprint density at radius 1 is 1.03 bits per heavy atom. The highest BCUT2D eigenvalue weighted by atomic mass is 35.5. The third-order valence-electron chi connectivity index (χ3n) is 6.78. The first-order valence-electron chi connectivity index (χ1n) is 11.3. The maximum Gasteiger partial charge on any atom is 0.219 e. The number of benzene rings is 2. The zero-order valence-electron chi connectivity index (χ0n) is 18.3. The van der Waals surface area contributed by atoms with Crippen LogP contribution in [0.4, 0.5) is 0 Å². The Labute approximate surface area is 194 Å². The summed E-state index contributed by atoms with van der Waals surface area (Å²) in [7, 11) is 0. The Hall–Kier alpha value is -2.60. The first kappa shape index (κ1) is 21.3. The molecular formula is C26H29ClN4O. The number of nitrogens with one attached hydrogen (secondary N) is 1. The molecule has 0 bridgehead atoms. The van der Waals surface area contributed by atoms with Crippen molar-refractivity contribution in [1.82, 2.24) is 20.0 Å². The van der Waals surface area contributed by atoms with Gasteiger partial charge in [0, 0.05) is 50.9 Å². The van der Waals surface area contributed by atoms with Crippen molar-refractivity contribution in [1.29, 1.82) is 0 Å². The summed E-state index contributed by atoms with van der Waals surface area (Å²) in [6.07, 6.45) is 6.95. The van der Waals surface area contributed by atoms with Gasteiger partial charge in [-0.2, -0.15) is 0 Å². The van der Waals surface area contributed by atoms with E-state index in [-0.39, 0.29) is 24.2 Å². The van der Waals surface area contributed by atoms with Gasteiger partial charge < -0.3 is 9.80 Å². The maximum atomic E-state index is 11.7. The van der Waals surface area contributed by atoms with Gasteiger partial charge in [0.2, 0.25) is 5.91 Å². The first-order valence-corrected chi connectivity index (χ1v) is 11.7. The number of carbonyl (C=O) groups excluding carboxylic acids is 1. The van der Waals surface area contributed by atoms with Crippen LogP contribution in [0.15, 0.2) is 72.9 Å². The molecule has 2 aromatic carbocycles. The molecule has 3 unspecified atom stereocenters. The second kappa shape index (κ2) is 9.10. The molecule has 0 saturated carbocycles. The average molecular weight is 449 g/mol. The maximum absolute atomic E-state index is 11.7. The molecule has 32 heavy (non-hydrogen) atoms. The van der Waals surface area contributed by atoms with Crippen LogP contribution in [0.25, 0.3) is 5.57 Å². The van der Waals surface area contributed by atoms with Crippen molar-refractivity contribution in [3.63, 3.8) is 0 Å².